The molecule has 0 unspecified atom stereocenters. The Hall–Kier alpha value is -0.960. The average molecular weight is 220 g/mol. The van der Waals surface area contributed by atoms with Gasteiger partial charge in [-0.15, -0.1) is 0 Å². The lowest BCUT2D eigenvalue weighted by Crippen LogP contribution is -2.54. The van der Waals surface area contributed by atoms with Crippen molar-refractivity contribution in [1.29, 1.82) is 0 Å². The lowest BCUT2D eigenvalue weighted by molar-refractivity contribution is -0.170. The van der Waals surface area contributed by atoms with Crippen LogP contribution in [0, 0.1) is 11.8 Å². The molecule has 3 aliphatic rings. The second-order valence-corrected chi connectivity index (χ2v) is 5.14. The summed E-state index contributed by atoms with van der Waals surface area (Å²) in [6.45, 7) is 1.53. The summed E-state index contributed by atoms with van der Waals surface area (Å²) < 4.78 is 5.88. The van der Waals surface area contributed by atoms with Crippen LogP contribution in [0.3, 0.4) is 0 Å². The number of rotatable bonds is 1. The zero-order chi connectivity index (χ0) is 11.3. The Morgan fingerprint density at radius 1 is 1.44 bits per heavy atom. The Kier molecular flexibility index (Phi) is 2.08. The number of hydrogen-bond acceptors (Lipinski definition) is 3. The molecule has 86 valence electrons. The van der Waals surface area contributed by atoms with Gasteiger partial charge in [0.2, 0.25) is 0 Å². The van der Waals surface area contributed by atoms with Gasteiger partial charge in [0.1, 0.15) is 5.78 Å². The molecule has 0 radical (unpaired) electrons. The first-order valence-corrected chi connectivity index (χ1v) is 6.07. The Balaban J connectivity index is 2.08. The Bertz CT molecular complexity index is 385. The molecule has 1 saturated heterocycles. The highest BCUT2D eigenvalue weighted by Gasteiger charge is 2.57. The molecule has 2 aliphatic heterocycles. The molecule has 0 aromatic carbocycles. The van der Waals surface area contributed by atoms with Gasteiger partial charge in [-0.2, -0.15) is 0 Å². The van der Waals surface area contributed by atoms with Crippen LogP contribution in [-0.4, -0.2) is 23.3 Å². The van der Waals surface area contributed by atoms with Gasteiger partial charge in [-0.1, -0.05) is 18.9 Å². The second kappa shape index (κ2) is 3.27. The first-order chi connectivity index (χ1) is 7.65. The highest BCUT2D eigenvalue weighted by molar-refractivity contribution is 5.98. The van der Waals surface area contributed by atoms with E-state index < -0.39 is 5.60 Å². The molecular formula is C13H16O3. The summed E-state index contributed by atoms with van der Waals surface area (Å²) in [5.74, 6) is 0.00475. The lowest BCUT2D eigenvalue weighted by Gasteiger charge is -2.40. The number of fused-ring (bicyclic) bond motifs is 6. The molecule has 1 aliphatic carbocycles. The third-order valence-electron chi connectivity index (χ3n) is 4.30. The number of ketones is 2. The van der Waals surface area contributed by atoms with Crippen LogP contribution in [0.4, 0.5) is 0 Å². The number of Topliss-reactive ketones (excluding diaryl/α,β-unsaturated/α-hetero) is 2. The third-order valence-corrected chi connectivity index (χ3v) is 4.30. The van der Waals surface area contributed by atoms with Crippen LogP contribution in [0.25, 0.3) is 0 Å². The third kappa shape index (κ3) is 1.12. The highest BCUT2D eigenvalue weighted by Crippen LogP contribution is 2.47. The van der Waals surface area contributed by atoms with Gasteiger partial charge in [0.15, 0.2) is 11.4 Å². The maximum absolute atomic E-state index is 12.3. The average Bonchev–Trinajstić information content (AvgIpc) is 2.59. The molecule has 16 heavy (non-hydrogen) atoms. The normalized spacial score (nSPS) is 45.6. The summed E-state index contributed by atoms with van der Waals surface area (Å²) in [5.41, 5.74) is -0.914. The molecule has 0 amide bonds. The van der Waals surface area contributed by atoms with Crippen LogP contribution >= 0.6 is 0 Å². The second-order valence-electron chi connectivity index (χ2n) is 5.14. The van der Waals surface area contributed by atoms with E-state index in [9.17, 15) is 9.59 Å². The van der Waals surface area contributed by atoms with Crippen molar-refractivity contribution in [1.82, 2.24) is 0 Å². The predicted octanol–water partition coefficient (Wildman–Crippen LogP) is 1.66. The van der Waals surface area contributed by atoms with Gasteiger partial charge < -0.3 is 4.74 Å². The van der Waals surface area contributed by atoms with Gasteiger partial charge in [0.25, 0.3) is 0 Å². The molecule has 4 atom stereocenters. The molecule has 0 spiro atoms. The molecule has 0 aromatic heterocycles. The van der Waals surface area contributed by atoms with Gasteiger partial charge in [0, 0.05) is 5.92 Å². The van der Waals surface area contributed by atoms with E-state index in [1.807, 2.05) is 12.2 Å². The highest BCUT2D eigenvalue weighted by atomic mass is 16.5. The maximum atomic E-state index is 12.3. The molecule has 4 bridgehead atoms. The van der Waals surface area contributed by atoms with E-state index in [1.54, 1.807) is 0 Å². The van der Waals surface area contributed by atoms with Crippen molar-refractivity contribution in [3.63, 3.8) is 0 Å². The quantitative estimate of drug-likeness (QED) is 0.631. The lowest BCUT2D eigenvalue weighted by atomic mass is 9.75. The van der Waals surface area contributed by atoms with Crippen LogP contribution in [0.5, 0.6) is 0 Å². The summed E-state index contributed by atoms with van der Waals surface area (Å²) >= 11 is 0. The van der Waals surface area contributed by atoms with Crippen molar-refractivity contribution in [2.75, 3.05) is 0 Å². The molecule has 3 nitrogen and oxygen atoms in total. The van der Waals surface area contributed by atoms with E-state index in [-0.39, 0.29) is 29.5 Å². The first kappa shape index (κ1) is 10.2. The standard InChI is InChI=1S/C13H16O3/c1-8(14)13-7-6-11(16-13)9-4-2-3-5-10(13)12(9)15/h6-7,9-11H,2-5H2,1H3/t9-,10-,11-,13-/m1/s1. The van der Waals surface area contributed by atoms with Gasteiger partial charge >= 0.3 is 0 Å². The fourth-order valence-electron chi connectivity index (χ4n) is 3.41. The van der Waals surface area contributed by atoms with E-state index in [0.717, 1.165) is 25.7 Å². The zero-order valence-corrected chi connectivity index (χ0v) is 9.44. The number of carbonyl (C=O) groups excluding carboxylic acids is 2. The topological polar surface area (TPSA) is 43.4 Å². The molecule has 0 N–H and O–H groups in total. The van der Waals surface area contributed by atoms with Crippen LogP contribution in [0.2, 0.25) is 0 Å². The van der Waals surface area contributed by atoms with E-state index in [1.165, 1.54) is 6.92 Å². The van der Waals surface area contributed by atoms with Crippen molar-refractivity contribution >= 4 is 11.6 Å². The van der Waals surface area contributed by atoms with E-state index in [0.29, 0.717) is 0 Å². The molecule has 3 heteroatoms. The van der Waals surface area contributed by atoms with Crippen molar-refractivity contribution < 1.29 is 14.3 Å². The SMILES string of the molecule is CC(=O)[C@@]12C=C[C@@H](O1)[C@H]1CCCC[C@@H]2C1=O. The van der Waals surface area contributed by atoms with E-state index >= 15 is 0 Å². The fourth-order valence-corrected chi connectivity index (χ4v) is 3.41. The smallest absolute Gasteiger partial charge is 0.166 e. The van der Waals surface area contributed by atoms with Crippen LogP contribution < -0.4 is 0 Å². The van der Waals surface area contributed by atoms with Crippen molar-refractivity contribution in [3.05, 3.63) is 12.2 Å². The summed E-state index contributed by atoms with van der Waals surface area (Å²) in [7, 11) is 0. The van der Waals surface area contributed by atoms with E-state index in [4.69, 9.17) is 4.74 Å². The first-order valence-electron chi connectivity index (χ1n) is 6.07. The number of hydrogen-bond donors (Lipinski definition) is 0. The van der Waals surface area contributed by atoms with Crippen LogP contribution in [0.15, 0.2) is 12.2 Å². The van der Waals surface area contributed by atoms with Crippen LogP contribution in [0.1, 0.15) is 32.6 Å². The molecule has 2 heterocycles. The summed E-state index contributed by atoms with van der Waals surface area (Å²) in [5, 5.41) is 0. The van der Waals surface area contributed by atoms with Crippen molar-refractivity contribution in [3.8, 4) is 0 Å². The fraction of sp³-hybridized carbons (Fsp3) is 0.692. The van der Waals surface area contributed by atoms with Crippen molar-refractivity contribution in [2.24, 2.45) is 11.8 Å². The largest absolute Gasteiger partial charge is 0.354 e. The summed E-state index contributed by atoms with van der Waals surface area (Å²) in [4.78, 5) is 24.1. The zero-order valence-electron chi connectivity index (χ0n) is 9.44. The van der Waals surface area contributed by atoms with Gasteiger partial charge in [-0.3, -0.25) is 9.59 Å². The van der Waals surface area contributed by atoms with Crippen LogP contribution in [-0.2, 0) is 14.3 Å². The minimum absolute atomic E-state index is 0.00118. The predicted molar refractivity (Wildman–Crippen MR) is 57.9 cm³/mol. The monoisotopic (exact) mass is 220 g/mol. The summed E-state index contributed by atoms with van der Waals surface area (Å²) in [6.07, 6.45) is 7.44. The Morgan fingerprint density at radius 2 is 2.19 bits per heavy atom. The maximum Gasteiger partial charge on any atom is 0.166 e. The molecule has 0 aromatic rings. The minimum Gasteiger partial charge on any atom is -0.354 e. The molecular weight excluding hydrogens is 204 g/mol. The summed E-state index contributed by atoms with van der Waals surface area (Å²) in [6, 6.07) is 0. The van der Waals surface area contributed by atoms with Crippen molar-refractivity contribution in [2.45, 2.75) is 44.3 Å². The van der Waals surface area contributed by atoms with Gasteiger partial charge in [0.05, 0.1) is 12.0 Å². The van der Waals surface area contributed by atoms with Gasteiger partial charge in [-0.05, 0) is 25.8 Å². The number of carbonyl (C=O) groups is 2. The molecule has 2 fully saturated rings. The minimum atomic E-state index is -0.914. The Labute approximate surface area is 94.8 Å². The van der Waals surface area contributed by atoms with E-state index in [2.05, 4.69) is 0 Å². The van der Waals surface area contributed by atoms with Gasteiger partial charge in [-0.25, -0.2) is 0 Å². The molecule has 3 rings (SSSR count). The Morgan fingerprint density at radius 3 is 2.94 bits per heavy atom. The molecule has 1 saturated carbocycles. The number of ether oxygens (including phenoxy) is 1.